The summed E-state index contributed by atoms with van der Waals surface area (Å²) >= 11 is 0. The van der Waals surface area contributed by atoms with Crippen LogP contribution < -0.4 is 5.73 Å². The van der Waals surface area contributed by atoms with Crippen LogP contribution in [0.4, 0.5) is 22.7 Å². The molecule has 21 heavy (non-hydrogen) atoms. The maximum absolute atomic E-state index is 11.2. The Bertz CT molecular complexity index is 694. The second kappa shape index (κ2) is 6.13. The van der Waals surface area contributed by atoms with Crippen LogP contribution in [0.2, 0.25) is 0 Å². The molecule has 0 bridgehead atoms. The molecule has 0 saturated carbocycles. The Kier molecular flexibility index (Phi) is 4.27. The van der Waals surface area contributed by atoms with Gasteiger partial charge in [0.15, 0.2) is 7.11 Å². The molecule has 0 amide bonds. The standard InChI is InChI=1S/C15H17N4O2/c1-10-9-15(11(2)8-14(10)16)18-17-12-4-6-13(7-5-12)19(20)21-3/h4-9H,16H2,1-3H3/q+1. The van der Waals surface area contributed by atoms with Crippen molar-refractivity contribution in [2.24, 2.45) is 10.2 Å². The van der Waals surface area contributed by atoms with E-state index >= 15 is 0 Å². The first kappa shape index (κ1) is 14.6. The Morgan fingerprint density at radius 3 is 2.33 bits per heavy atom. The summed E-state index contributed by atoms with van der Waals surface area (Å²) in [4.78, 5) is 16.2. The van der Waals surface area contributed by atoms with E-state index in [1.165, 1.54) is 7.11 Å². The van der Waals surface area contributed by atoms with Crippen LogP contribution in [-0.4, -0.2) is 12.0 Å². The number of hydrogen-bond acceptors (Lipinski definition) is 5. The summed E-state index contributed by atoms with van der Waals surface area (Å²) in [6.45, 7) is 3.86. The number of nitrogens with zero attached hydrogens (tertiary/aromatic N) is 3. The van der Waals surface area contributed by atoms with Crippen molar-refractivity contribution in [2.45, 2.75) is 13.8 Å². The van der Waals surface area contributed by atoms with Crippen LogP contribution >= 0.6 is 0 Å². The lowest BCUT2D eigenvalue weighted by Crippen LogP contribution is -1.96. The number of anilines is 1. The van der Waals surface area contributed by atoms with Crippen molar-refractivity contribution in [3.05, 3.63) is 52.4 Å². The highest BCUT2D eigenvalue weighted by atomic mass is 16.8. The lowest BCUT2D eigenvalue weighted by atomic mass is 10.1. The zero-order chi connectivity index (χ0) is 15.4. The van der Waals surface area contributed by atoms with Crippen LogP contribution in [0.15, 0.2) is 46.6 Å². The summed E-state index contributed by atoms with van der Waals surface area (Å²) in [5.41, 5.74) is 10.3. The van der Waals surface area contributed by atoms with Gasteiger partial charge in [-0.15, -0.1) is 0 Å². The van der Waals surface area contributed by atoms with Crippen molar-refractivity contribution in [1.29, 1.82) is 0 Å². The van der Waals surface area contributed by atoms with E-state index in [0.717, 1.165) is 22.5 Å². The van der Waals surface area contributed by atoms with Crippen molar-refractivity contribution in [2.75, 3.05) is 12.8 Å². The Balaban J connectivity index is 2.22. The molecule has 0 unspecified atom stereocenters. The molecule has 0 atom stereocenters. The predicted molar refractivity (Wildman–Crippen MR) is 81.2 cm³/mol. The first-order valence-electron chi connectivity index (χ1n) is 6.41. The minimum Gasteiger partial charge on any atom is -0.399 e. The molecule has 2 aromatic rings. The van der Waals surface area contributed by atoms with Crippen molar-refractivity contribution in [1.82, 2.24) is 0 Å². The minimum atomic E-state index is 0.399. The Morgan fingerprint density at radius 1 is 1.05 bits per heavy atom. The molecule has 0 aliphatic carbocycles. The summed E-state index contributed by atoms with van der Waals surface area (Å²) in [5, 5.41) is 8.38. The van der Waals surface area contributed by atoms with Crippen LogP contribution in [0.1, 0.15) is 11.1 Å². The minimum absolute atomic E-state index is 0.399. The molecule has 0 spiro atoms. The van der Waals surface area contributed by atoms with E-state index in [0.29, 0.717) is 16.3 Å². The highest BCUT2D eigenvalue weighted by molar-refractivity contribution is 5.59. The topological polar surface area (TPSA) is 80.0 Å². The number of hydrogen-bond donors (Lipinski definition) is 1. The molecule has 0 fully saturated rings. The monoisotopic (exact) mass is 285 g/mol. The van der Waals surface area contributed by atoms with Crippen LogP contribution in [0.25, 0.3) is 0 Å². The molecule has 0 aliphatic heterocycles. The molecule has 0 aliphatic rings. The smallest absolute Gasteiger partial charge is 0.316 e. The number of nitrogens with two attached hydrogens (primary N) is 1. The van der Waals surface area contributed by atoms with Gasteiger partial charge in [-0.1, -0.05) is 0 Å². The molecule has 0 heterocycles. The molecule has 2 rings (SSSR count). The zero-order valence-electron chi connectivity index (χ0n) is 12.2. The number of aryl methyl sites for hydroxylation is 2. The normalized spacial score (nSPS) is 10.8. The summed E-state index contributed by atoms with van der Waals surface area (Å²) < 4.78 is 0. The van der Waals surface area contributed by atoms with Crippen molar-refractivity contribution < 1.29 is 9.76 Å². The molecule has 0 aromatic heterocycles. The van der Waals surface area contributed by atoms with Crippen molar-refractivity contribution in [3.63, 3.8) is 0 Å². The fourth-order valence-electron chi connectivity index (χ4n) is 1.79. The van der Waals surface area contributed by atoms with Gasteiger partial charge in [-0.3, -0.25) is 0 Å². The number of rotatable bonds is 4. The second-order valence-electron chi connectivity index (χ2n) is 4.65. The van der Waals surface area contributed by atoms with Gasteiger partial charge >= 0.3 is 5.69 Å². The van der Waals surface area contributed by atoms with Crippen LogP contribution in [0.5, 0.6) is 0 Å². The van der Waals surface area contributed by atoms with Crippen molar-refractivity contribution >= 4 is 22.7 Å². The van der Waals surface area contributed by atoms with Gasteiger partial charge in [0.25, 0.3) is 4.92 Å². The SMILES string of the molecule is CO[N+](=O)c1ccc(N=Nc2cc(C)c(N)cc2C)cc1. The average Bonchev–Trinajstić information content (AvgIpc) is 2.49. The molecule has 0 saturated heterocycles. The highest BCUT2D eigenvalue weighted by Gasteiger charge is 2.12. The van der Waals surface area contributed by atoms with Gasteiger partial charge in [-0.2, -0.15) is 10.2 Å². The molecule has 108 valence electrons. The summed E-state index contributed by atoms with van der Waals surface area (Å²) in [6.07, 6.45) is 0. The van der Waals surface area contributed by atoms with Crippen LogP contribution in [0.3, 0.4) is 0 Å². The maximum Gasteiger partial charge on any atom is 0.316 e. The maximum atomic E-state index is 11.2. The van der Waals surface area contributed by atoms with Crippen LogP contribution in [0, 0.1) is 18.8 Å². The second-order valence-corrected chi connectivity index (χ2v) is 4.65. The molecular formula is C15H17N4O2+. The van der Waals surface area contributed by atoms with E-state index < -0.39 is 0 Å². The quantitative estimate of drug-likeness (QED) is 0.517. The fraction of sp³-hybridized carbons (Fsp3) is 0.200. The molecular weight excluding hydrogens is 268 g/mol. The fourth-order valence-corrected chi connectivity index (χ4v) is 1.79. The van der Waals surface area contributed by atoms with Gasteiger partial charge < -0.3 is 5.73 Å². The Hall–Kier alpha value is -2.76. The highest BCUT2D eigenvalue weighted by Crippen LogP contribution is 2.27. The van der Waals surface area contributed by atoms with Crippen LogP contribution in [-0.2, 0) is 4.84 Å². The molecule has 2 aromatic carbocycles. The van der Waals surface area contributed by atoms with E-state index in [-0.39, 0.29) is 0 Å². The third-order valence-corrected chi connectivity index (χ3v) is 3.08. The van der Waals surface area contributed by atoms with Crippen molar-refractivity contribution in [3.8, 4) is 0 Å². The predicted octanol–water partition coefficient (Wildman–Crippen LogP) is 4.27. The number of azo groups is 1. The van der Waals surface area contributed by atoms with Gasteiger partial charge in [-0.05, 0) is 49.2 Å². The number of nitrogen functional groups attached to an aromatic ring is 1. The summed E-state index contributed by atoms with van der Waals surface area (Å²) in [6, 6.07) is 10.4. The Labute approximate surface area is 122 Å². The third kappa shape index (κ3) is 3.42. The molecule has 2 N–H and O–H groups in total. The van der Waals surface area contributed by atoms with Gasteiger partial charge in [0.05, 0.1) is 16.3 Å². The van der Waals surface area contributed by atoms with Gasteiger partial charge in [0.1, 0.15) is 0 Å². The largest absolute Gasteiger partial charge is 0.399 e. The van der Waals surface area contributed by atoms with E-state index in [1.807, 2.05) is 26.0 Å². The lowest BCUT2D eigenvalue weighted by Gasteiger charge is -2.04. The average molecular weight is 285 g/mol. The first-order valence-corrected chi connectivity index (χ1v) is 6.41. The number of benzene rings is 2. The van der Waals surface area contributed by atoms with E-state index in [2.05, 4.69) is 15.1 Å². The zero-order valence-corrected chi connectivity index (χ0v) is 12.2. The summed E-state index contributed by atoms with van der Waals surface area (Å²) in [5.74, 6) is 0. The van der Waals surface area contributed by atoms with E-state index in [9.17, 15) is 4.91 Å². The van der Waals surface area contributed by atoms with E-state index in [4.69, 9.17) is 5.73 Å². The molecule has 6 heteroatoms. The Morgan fingerprint density at radius 2 is 1.71 bits per heavy atom. The summed E-state index contributed by atoms with van der Waals surface area (Å²) in [7, 11) is 1.31. The van der Waals surface area contributed by atoms with Gasteiger partial charge in [-0.25, -0.2) is 4.84 Å². The van der Waals surface area contributed by atoms with E-state index in [1.54, 1.807) is 24.3 Å². The van der Waals surface area contributed by atoms with Gasteiger partial charge in [0, 0.05) is 17.8 Å². The first-order chi connectivity index (χ1) is 10.0. The molecule has 6 nitrogen and oxygen atoms in total. The third-order valence-electron chi connectivity index (χ3n) is 3.08. The molecule has 0 radical (unpaired) electrons. The van der Waals surface area contributed by atoms with Gasteiger partial charge in [0.2, 0.25) is 0 Å². The lowest BCUT2D eigenvalue weighted by molar-refractivity contribution is -0.736.